The average molecular weight is 398 g/mol. The maximum atomic E-state index is 12.2. The fourth-order valence-electron chi connectivity index (χ4n) is 2.83. The van der Waals surface area contributed by atoms with Gasteiger partial charge in [-0.1, -0.05) is 30.0 Å². The number of hydrogen-bond acceptors (Lipinski definition) is 6. The predicted molar refractivity (Wildman–Crippen MR) is 111 cm³/mol. The summed E-state index contributed by atoms with van der Waals surface area (Å²) in [5.41, 5.74) is 4.04. The molecular formula is C20H23N5O2S. The van der Waals surface area contributed by atoms with Crippen molar-refractivity contribution in [3.63, 3.8) is 0 Å². The Balaban J connectivity index is 1.58. The predicted octanol–water partition coefficient (Wildman–Crippen LogP) is 2.94. The number of carbonyl (C=O) groups is 1. The van der Waals surface area contributed by atoms with Crippen LogP contribution in [0.5, 0.6) is 5.75 Å². The van der Waals surface area contributed by atoms with Crippen LogP contribution in [0.1, 0.15) is 22.5 Å². The summed E-state index contributed by atoms with van der Waals surface area (Å²) < 4.78 is 6.59. The lowest BCUT2D eigenvalue weighted by atomic mass is 10.1. The number of rotatable bonds is 7. The smallest absolute Gasteiger partial charge is 0.234 e. The van der Waals surface area contributed by atoms with Crippen LogP contribution in [0, 0.1) is 13.8 Å². The van der Waals surface area contributed by atoms with E-state index >= 15 is 0 Å². The number of methoxy groups -OCH3 is 1. The maximum Gasteiger partial charge on any atom is 0.234 e. The number of hydrogen-bond donors (Lipinski definition) is 2. The first-order chi connectivity index (χ1) is 13.4. The van der Waals surface area contributed by atoms with E-state index < -0.39 is 0 Å². The standard InChI is InChI=1S/C20H23N5O2S/c1-13-8-14(2)10-16(9-13)22-19(26)12-28-20-24-23-18(25(20)21)11-15-4-6-17(27-3)7-5-15/h4-10H,11-12,21H2,1-3H3,(H,22,26). The highest BCUT2D eigenvalue weighted by atomic mass is 32.2. The van der Waals surface area contributed by atoms with Gasteiger partial charge in [0.15, 0.2) is 5.82 Å². The minimum absolute atomic E-state index is 0.116. The molecule has 0 aliphatic heterocycles. The van der Waals surface area contributed by atoms with Crippen LogP contribution in [-0.2, 0) is 11.2 Å². The van der Waals surface area contributed by atoms with E-state index in [0.29, 0.717) is 17.4 Å². The highest BCUT2D eigenvalue weighted by molar-refractivity contribution is 7.99. The molecule has 1 aromatic heterocycles. The zero-order valence-electron chi connectivity index (χ0n) is 16.1. The van der Waals surface area contributed by atoms with Gasteiger partial charge < -0.3 is 15.9 Å². The molecule has 146 valence electrons. The average Bonchev–Trinajstić information content (AvgIpc) is 2.99. The van der Waals surface area contributed by atoms with Crippen LogP contribution in [0.2, 0.25) is 0 Å². The second-order valence-corrected chi connectivity index (χ2v) is 7.45. The molecule has 28 heavy (non-hydrogen) atoms. The molecule has 3 aromatic rings. The number of carbonyl (C=O) groups excluding carboxylic acids is 1. The van der Waals surface area contributed by atoms with Crippen molar-refractivity contribution in [1.82, 2.24) is 14.9 Å². The third-order valence-electron chi connectivity index (χ3n) is 4.09. The summed E-state index contributed by atoms with van der Waals surface area (Å²) in [4.78, 5) is 12.2. The number of nitrogens with zero attached hydrogens (tertiary/aromatic N) is 3. The summed E-state index contributed by atoms with van der Waals surface area (Å²) in [6, 6.07) is 13.6. The Morgan fingerprint density at radius 2 is 1.82 bits per heavy atom. The van der Waals surface area contributed by atoms with E-state index in [1.807, 2.05) is 50.2 Å². The van der Waals surface area contributed by atoms with Crippen molar-refractivity contribution in [2.75, 3.05) is 24.0 Å². The van der Waals surface area contributed by atoms with Gasteiger partial charge in [0, 0.05) is 12.1 Å². The normalized spacial score (nSPS) is 10.7. The maximum absolute atomic E-state index is 12.2. The number of amides is 1. The molecule has 0 aliphatic carbocycles. The van der Waals surface area contributed by atoms with Crippen molar-refractivity contribution in [3.05, 3.63) is 65.0 Å². The third kappa shape index (κ3) is 5.04. The Kier molecular flexibility index (Phi) is 6.20. The van der Waals surface area contributed by atoms with Crippen molar-refractivity contribution in [2.24, 2.45) is 0 Å². The fourth-order valence-corrected chi connectivity index (χ4v) is 3.50. The quantitative estimate of drug-likeness (QED) is 0.470. The summed E-state index contributed by atoms with van der Waals surface area (Å²) in [6.07, 6.45) is 0.544. The van der Waals surface area contributed by atoms with E-state index in [0.717, 1.165) is 28.1 Å². The van der Waals surface area contributed by atoms with E-state index in [2.05, 4.69) is 21.6 Å². The van der Waals surface area contributed by atoms with Gasteiger partial charge in [0.2, 0.25) is 11.1 Å². The Morgan fingerprint density at radius 1 is 1.14 bits per heavy atom. The number of aromatic nitrogens is 3. The molecule has 7 nitrogen and oxygen atoms in total. The van der Waals surface area contributed by atoms with E-state index in [1.165, 1.54) is 16.4 Å². The topological polar surface area (TPSA) is 95.1 Å². The van der Waals surface area contributed by atoms with Gasteiger partial charge in [-0.25, -0.2) is 4.68 Å². The molecule has 0 spiro atoms. The van der Waals surface area contributed by atoms with Crippen LogP contribution in [0.25, 0.3) is 0 Å². The van der Waals surface area contributed by atoms with Crippen molar-refractivity contribution in [2.45, 2.75) is 25.4 Å². The number of nitrogen functional groups attached to an aromatic ring is 1. The first-order valence-electron chi connectivity index (χ1n) is 8.78. The number of nitrogens with one attached hydrogen (secondary N) is 1. The summed E-state index contributed by atoms with van der Waals surface area (Å²) in [5.74, 6) is 7.61. The summed E-state index contributed by atoms with van der Waals surface area (Å²) in [5, 5.41) is 11.6. The molecule has 8 heteroatoms. The number of nitrogens with two attached hydrogens (primary N) is 1. The van der Waals surface area contributed by atoms with Gasteiger partial charge in [-0.3, -0.25) is 4.79 Å². The van der Waals surface area contributed by atoms with E-state index in [9.17, 15) is 4.79 Å². The molecule has 1 heterocycles. The largest absolute Gasteiger partial charge is 0.497 e. The van der Waals surface area contributed by atoms with Crippen LogP contribution in [0.4, 0.5) is 5.69 Å². The van der Waals surface area contributed by atoms with Crippen LogP contribution in [-0.4, -0.2) is 33.6 Å². The zero-order chi connectivity index (χ0) is 20.1. The molecule has 0 unspecified atom stereocenters. The van der Waals surface area contributed by atoms with Gasteiger partial charge >= 0.3 is 0 Å². The van der Waals surface area contributed by atoms with Gasteiger partial charge in [-0.2, -0.15) is 0 Å². The SMILES string of the molecule is COc1ccc(Cc2nnc(SCC(=O)Nc3cc(C)cc(C)c3)n2N)cc1. The number of thioether (sulfide) groups is 1. The number of aryl methyl sites for hydroxylation is 2. The molecule has 0 aliphatic rings. The first kappa shape index (κ1) is 19.8. The fraction of sp³-hybridized carbons (Fsp3) is 0.250. The lowest BCUT2D eigenvalue weighted by Gasteiger charge is -2.07. The monoisotopic (exact) mass is 397 g/mol. The molecule has 0 atom stereocenters. The molecular weight excluding hydrogens is 374 g/mol. The first-order valence-corrected chi connectivity index (χ1v) is 9.76. The molecule has 0 bridgehead atoms. The Hall–Kier alpha value is -3.00. The molecule has 0 saturated heterocycles. The minimum Gasteiger partial charge on any atom is -0.497 e. The molecule has 0 radical (unpaired) electrons. The third-order valence-corrected chi connectivity index (χ3v) is 5.04. The Labute approximate surface area is 168 Å². The van der Waals surface area contributed by atoms with Crippen LogP contribution < -0.4 is 15.9 Å². The van der Waals surface area contributed by atoms with E-state index in [1.54, 1.807) is 7.11 Å². The van der Waals surface area contributed by atoms with Gasteiger partial charge in [-0.15, -0.1) is 10.2 Å². The van der Waals surface area contributed by atoms with Crippen molar-refractivity contribution in [3.8, 4) is 5.75 Å². The Bertz CT molecular complexity index is 949. The molecule has 0 fully saturated rings. The van der Waals surface area contributed by atoms with Gasteiger partial charge in [0.1, 0.15) is 5.75 Å². The van der Waals surface area contributed by atoms with E-state index in [-0.39, 0.29) is 11.7 Å². The minimum atomic E-state index is -0.116. The lowest BCUT2D eigenvalue weighted by molar-refractivity contribution is -0.113. The highest BCUT2D eigenvalue weighted by Gasteiger charge is 2.13. The lowest BCUT2D eigenvalue weighted by Crippen LogP contribution is -2.17. The second-order valence-electron chi connectivity index (χ2n) is 6.51. The van der Waals surface area contributed by atoms with Crippen LogP contribution >= 0.6 is 11.8 Å². The molecule has 3 rings (SSSR count). The molecule has 2 aromatic carbocycles. The van der Waals surface area contributed by atoms with E-state index in [4.69, 9.17) is 10.6 Å². The van der Waals surface area contributed by atoms with Gasteiger partial charge in [0.25, 0.3) is 0 Å². The molecule has 3 N–H and O–H groups in total. The second kappa shape index (κ2) is 8.79. The highest BCUT2D eigenvalue weighted by Crippen LogP contribution is 2.19. The van der Waals surface area contributed by atoms with Crippen LogP contribution in [0.3, 0.4) is 0 Å². The summed E-state index contributed by atoms with van der Waals surface area (Å²) >= 11 is 1.25. The molecule has 1 amide bonds. The van der Waals surface area contributed by atoms with Crippen molar-refractivity contribution < 1.29 is 9.53 Å². The summed E-state index contributed by atoms with van der Waals surface area (Å²) in [6.45, 7) is 4.00. The van der Waals surface area contributed by atoms with Gasteiger partial charge in [-0.05, 0) is 54.8 Å². The molecule has 0 saturated carbocycles. The zero-order valence-corrected chi connectivity index (χ0v) is 16.9. The Morgan fingerprint density at radius 3 is 2.46 bits per heavy atom. The van der Waals surface area contributed by atoms with Crippen LogP contribution in [0.15, 0.2) is 47.6 Å². The van der Waals surface area contributed by atoms with Gasteiger partial charge in [0.05, 0.1) is 12.9 Å². The number of anilines is 1. The summed E-state index contributed by atoms with van der Waals surface area (Å²) in [7, 11) is 1.63. The number of benzene rings is 2. The van der Waals surface area contributed by atoms with Crippen molar-refractivity contribution >= 4 is 23.4 Å². The van der Waals surface area contributed by atoms with Crippen molar-refractivity contribution in [1.29, 1.82) is 0 Å². The number of ether oxygens (including phenoxy) is 1.